The first kappa shape index (κ1) is 38.5. The van der Waals surface area contributed by atoms with Crippen molar-refractivity contribution in [2.75, 3.05) is 19.8 Å². The fraction of sp³-hybridized carbons (Fsp3) is 0.722. The smallest absolute Gasteiger partial charge is 0.308 e. The van der Waals surface area contributed by atoms with Crippen LogP contribution in [0, 0.1) is 12.8 Å². The van der Waals surface area contributed by atoms with E-state index < -0.39 is 18.0 Å². The lowest BCUT2D eigenvalue weighted by Crippen LogP contribution is -2.32. The highest BCUT2D eigenvalue weighted by atomic mass is 32.1. The number of hydrogen-bond acceptors (Lipinski definition) is 9. The van der Waals surface area contributed by atoms with Gasteiger partial charge in [-0.25, -0.2) is 0 Å². The van der Waals surface area contributed by atoms with Crippen LogP contribution in [0.2, 0.25) is 0 Å². The molecule has 10 nitrogen and oxygen atoms in total. The average Bonchev–Trinajstić information content (AvgIpc) is 3.84. The minimum Gasteiger partial charge on any atom is -0.481 e. The Bertz CT molecular complexity index is 1180. The van der Waals surface area contributed by atoms with Crippen LogP contribution in [0.4, 0.5) is 0 Å². The van der Waals surface area contributed by atoms with Gasteiger partial charge in [-0.05, 0) is 36.5 Å². The lowest BCUT2D eigenvalue weighted by Gasteiger charge is -2.19. The topological polar surface area (TPSA) is 121 Å². The van der Waals surface area contributed by atoms with Gasteiger partial charge < -0.3 is 28.4 Å². The van der Waals surface area contributed by atoms with Crippen LogP contribution in [0.25, 0.3) is 0 Å². The first-order valence-corrected chi connectivity index (χ1v) is 18.9. The molecule has 3 rings (SSSR count). The Balaban J connectivity index is 1.30. The van der Waals surface area contributed by atoms with E-state index >= 15 is 0 Å². The molecule has 3 aromatic heterocycles. The van der Waals surface area contributed by atoms with Crippen LogP contribution in [0.15, 0.2) is 38.3 Å². The Morgan fingerprint density at radius 1 is 0.851 bits per heavy atom. The van der Waals surface area contributed by atoms with Crippen molar-refractivity contribution in [1.82, 2.24) is 10.3 Å². The molecule has 3 heterocycles. The number of aromatic nitrogens is 3. The summed E-state index contributed by atoms with van der Waals surface area (Å²) in [6.45, 7) is 5.37. The summed E-state index contributed by atoms with van der Waals surface area (Å²) in [5.41, 5.74) is 2.08. The van der Waals surface area contributed by atoms with Crippen LogP contribution in [-0.2, 0) is 22.5 Å². The Kier molecular flexibility index (Phi) is 19.9. The maximum Gasteiger partial charge on any atom is 0.308 e. The lowest BCUT2D eigenvalue weighted by atomic mass is 10.0. The van der Waals surface area contributed by atoms with Gasteiger partial charge >= 0.3 is 5.97 Å². The molecule has 11 heteroatoms. The highest BCUT2D eigenvalue weighted by molar-refractivity contribution is 7.07. The third-order valence-corrected chi connectivity index (χ3v) is 9.01. The average molecular weight is 677 g/mol. The Morgan fingerprint density at radius 2 is 1.53 bits per heavy atom. The van der Waals surface area contributed by atoms with Gasteiger partial charge in [-0.15, -0.1) is 0 Å². The zero-order chi connectivity index (χ0) is 33.4. The second-order valence-corrected chi connectivity index (χ2v) is 13.4. The van der Waals surface area contributed by atoms with Crippen molar-refractivity contribution in [3.8, 4) is 11.8 Å². The van der Waals surface area contributed by atoms with Crippen LogP contribution in [0.3, 0.4) is 0 Å². The zero-order valence-corrected chi connectivity index (χ0v) is 29.6. The van der Waals surface area contributed by atoms with Gasteiger partial charge in [-0.3, -0.25) is 4.79 Å². The van der Waals surface area contributed by atoms with Gasteiger partial charge in [0.05, 0.1) is 24.5 Å². The summed E-state index contributed by atoms with van der Waals surface area (Å²) in [5.74, 6) is 0.713. The quantitative estimate of drug-likeness (QED) is 0.0546. The fourth-order valence-electron chi connectivity index (χ4n) is 5.53. The summed E-state index contributed by atoms with van der Waals surface area (Å²) in [6.07, 6.45) is 22.9. The number of carbonyl (C=O) groups is 1. The number of hydrogen-bond donors (Lipinski definition) is 1. The maximum absolute atomic E-state index is 11.9. The molecule has 3 aromatic rings. The minimum absolute atomic E-state index is 0.0968. The van der Waals surface area contributed by atoms with Crippen molar-refractivity contribution in [3.05, 3.63) is 40.7 Å². The standard InChI is InChI=1S/C36H57N3O7S/c1-3-4-5-6-7-8-9-10-11-12-13-14-17-20-32-25-34(37-46-32)43-28-33(44-35-24-30(2)45-38-35)27-42-26-31(36(40)41)19-16-15-18-21-39-22-23-47-29-39/h22-25,29,31,33H,3-21,26-28H2,1-2H3/p+1. The zero-order valence-electron chi connectivity index (χ0n) is 28.7. The van der Waals surface area contributed by atoms with E-state index in [9.17, 15) is 9.90 Å². The molecule has 0 saturated heterocycles. The molecule has 0 aliphatic carbocycles. The fourth-order valence-corrected chi connectivity index (χ4v) is 6.16. The van der Waals surface area contributed by atoms with E-state index in [2.05, 4.69) is 33.5 Å². The summed E-state index contributed by atoms with van der Waals surface area (Å²) >= 11 is 1.67. The van der Waals surface area contributed by atoms with E-state index in [-0.39, 0.29) is 19.8 Å². The van der Waals surface area contributed by atoms with Crippen molar-refractivity contribution in [2.24, 2.45) is 5.92 Å². The van der Waals surface area contributed by atoms with Crippen molar-refractivity contribution >= 4 is 17.3 Å². The van der Waals surface area contributed by atoms with Gasteiger partial charge in [0.15, 0.2) is 12.3 Å². The molecule has 264 valence electrons. The first-order chi connectivity index (χ1) is 23.0. The monoisotopic (exact) mass is 676 g/mol. The van der Waals surface area contributed by atoms with Gasteiger partial charge in [0.2, 0.25) is 5.51 Å². The molecule has 0 radical (unpaired) electrons. The lowest BCUT2D eigenvalue weighted by molar-refractivity contribution is -0.692. The number of thiazole rings is 1. The number of carboxylic acids is 1. The summed E-state index contributed by atoms with van der Waals surface area (Å²) in [5, 5.41) is 19.8. The van der Waals surface area contributed by atoms with Gasteiger partial charge in [0.1, 0.15) is 24.7 Å². The van der Waals surface area contributed by atoms with Crippen molar-refractivity contribution in [3.63, 3.8) is 0 Å². The number of rotatable bonds is 30. The summed E-state index contributed by atoms with van der Waals surface area (Å²) < 4.78 is 30.5. The molecule has 0 fully saturated rings. The van der Waals surface area contributed by atoms with Crippen LogP contribution < -0.4 is 14.0 Å². The molecule has 0 aromatic carbocycles. The molecule has 0 aliphatic heterocycles. The molecule has 2 atom stereocenters. The van der Waals surface area contributed by atoms with Crippen molar-refractivity contribution in [1.29, 1.82) is 0 Å². The van der Waals surface area contributed by atoms with E-state index in [1.165, 1.54) is 77.0 Å². The molecule has 1 N–H and O–H groups in total. The Labute approximate surface area is 285 Å². The Morgan fingerprint density at radius 3 is 2.17 bits per heavy atom. The van der Waals surface area contributed by atoms with E-state index in [0.29, 0.717) is 23.9 Å². The molecule has 0 bridgehead atoms. The SMILES string of the molecule is CCCCCCCCCCCCCCCc1cc(OCC(COCC(CCCCC[n+]2ccsc2)C(=O)O)Oc2cc(C)on2)no1. The number of ether oxygens (including phenoxy) is 3. The molecule has 0 aliphatic rings. The molecule has 0 spiro atoms. The highest BCUT2D eigenvalue weighted by Gasteiger charge is 2.21. The predicted molar refractivity (Wildman–Crippen MR) is 182 cm³/mol. The second kappa shape index (κ2) is 24.3. The van der Waals surface area contributed by atoms with Gasteiger partial charge in [-0.1, -0.05) is 102 Å². The molecule has 0 amide bonds. The number of carboxylic acid groups (broad SMARTS) is 1. The third kappa shape index (κ3) is 17.7. The number of aryl methyl sites for hydroxylation is 3. The second-order valence-electron chi connectivity index (χ2n) is 12.6. The summed E-state index contributed by atoms with van der Waals surface area (Å²) in [4.78, 5) is 11.9. The Hall–Kier alpha value is -2.92. The summed E-state index contributed by atoms with van der Waals surface area (Å²) in [6, 6.07) is 3.52. The maximum atomic E-state index is 11.9. The molecular formula is C36H58N3O7S+. The number of unbranched alkanes of at least 4 members (excludes halogenated alkanes) is 14. The molecule has 47 heavy (non-hydrogen) atoms. The normalized spacial score (nSPS) is 12.7. The third-order valence-electron chi connectivity index (χ3n) is 8.34. The van der Waals surface area contributed by atoms with Gasteiger partial charge in [0, 0.05) is 25.0 Å². The van der Waals surface area contributed by atoms with Gasteiger partial charge in [0.25, 0.3) is 11.8 Å². The van der Waals surface area contributed by atoms with E-state index in [1.807, 2.05) is 11.4 Å². The van der Waals surface area contributed by atoms with E-state index in [4.69, 9.17) is 23.3 Å². The van der Waals surface area contributed by atoms with Crippen LogP contribution in [-0.4, -0.2) is 47.3 Å². The molecular weight excluding hydrogens is 618 g/mol. The first-order valence-electron chi connectivity index (χ1n) is 17.9. The molecule has 0 saturated carbocycles. The predicted octanol–water partition coefficient (Wildman–Crippen LogP) is 8.76. The minimum atomic E-state index is -0.850. The van der Waals surface area contributed by atoms with Crippen LogP contribution in [0.1, 0.15) is 128 Å². The van der Waals surface area contributed by atoms with E-state index in [1.54, 1.807) is 24.3 Å². The summed E-state index contributed by atoms with van der Waals surface area (Å²) in [7, 11) is 0. The number of aliphatic carboxylic acids is 1. The molecule has 2 unspecified atom stereocenters. The van der Waals surface area contributed by atoms with Crippen molar-refractivity contribution < 1.29 is 37.7 Å². The van der Waals surface area contributed by atoms with Crippen molar-refractivity contribution in [2.45, 2.75) is 142 Å². The largest absolute Gasteiger partial charge is 0.481 e. The van der Waals surface area contributed by atoms with Gasteiger partial charge in [-0.2, -0.15) is 4.57 Å². The highest BCUT2D eigenvalue weighted by Crippen LogP contribution is 2.19. The van der Waals surface area contributed by atoms with Crippen LogP contribution >= 0.6 is 11.3 Å². The van der Waals surface area contributed by atoms with E-state index in [0.717, 1.165) is 44.4 Å². The number of nitrogens with zero attached hydrogens (tertiary/aromatic N) is 3. The van der Waals surface area contributed by atoms with Crippen LogP contribution in [0.5, 0.6) is 11.8 Å².